The van der Waals surface area contributed by atoms with Crippen molar-refractivity contribution in [1.29, 1.82) is 0 Å². The van der Waals surface area contributed by atoms with Gasteiger partial charge in [0.05, 0.1) is 11.3 Å². The highest BCUT2D eigenvalue weighted by Crippen LogP contribution is 2.54. The molecule has 29 heavy (non-hydrogen) atoms. The van der Waals surface area contributed by atoms with Gasteiger partial charge in [-0.3, -0.25) is 4.79 Å². The third-order valence-electron chi connectivity index (χ3n) is 6.27. The topological polar surface area (TPSA) is 69.6 Å². The van der Waals surface area contributed by atoms with Crippen LogP contribution in [0.2, 0.25) is 0 Å². The van der Waals surface area contributed by atoms with Gasteiger partial charge in [0.15, 0.2) is 0 Å². The molecule has 8 heteroatoms. The molecule has 152 valence electrons. The zero-order valence-corrected chi connectivity index (χ0v) is 15.7. The lowest BCUT2D eigenvalue weighted by Gasteiger charge is -2.39. The number of rotatable bonds is 3. The average molecular weight is 403 g/mol. The smallest absolute Gasteiger partial charge is 0.423 e. The number of alkyl halides is 3. The minimum absolute atomic E-state index is 0.133. The number of para-hydroxylation sites is 1. The third-order valence-corrected chi connectivity index (χ3v) is 6.27. The van der Waals surface area contributed by atoms with Crippen LogP contribution in [0.15, 0.2) is 42.5 Å². The van der Waals surface area contributed by atoms with Crippen LogP contribution in [0, 0.1) is 5.92 Å². The zero-order valence-electron chi connectivity index (χ0n) is 15.7. The van der Waals surface area contributed by atoms with Gasteiger partial charge in [0, 0.05) is 0 Å². The van der Waals surface area contributed by atoms with Crippen molar-refractivity contribution in [1.82, 2.24) is 0 Å². The molecule has 4 rings (SSSR count). The molecule has 2 aliphatic rings. The maximum absolute atomic E-state index is 13.6. The molecule has 1 atom stereocenters. The van der Waals surface area contributed by atoms with E-state index in [2.05, 4.69) is 5.32 Å². The van der Waals surface area contributed by atoms with Crippen molar-refractivity contribution in [3.63, 3.8) is 0 Å². The Morgan fingerprint density at radius 1 is 1.00 bits per heavy atom. The van der Waals surface area contributed by atoms with Crippen molar-refractivity contribution >= 4 is 24.2 Å². The molecule has 1 saturated carbocycles. The molecular formula is C21H21BF3NO3. The molecular weight excluding hydrogens is 382 g/mol. The quantitative estimate of drug-likeness (QED) is 0.690. The van der Waals surface area contributed by atoms with Crippen LogP contribution in [0.4, 0.5) is 18.9 Å². The lowest BCUT2D eigenvalue weighted by atomic mass is 9.61. The van der Waals surface area contributed by atoms with Crippen molar-refractivity contribution in [2.24, 2.45) is 5.92 Å². The van der Waals surface area contributed by atoms with Gasteiger partial charge in [-0.25, -0.2) is 0 Å². The Labute approximate surface area is 166 Å². The van der Waals surface area contributed by atoms with Crippen LogP contribution in [0.3, 0.4) is 0 Å². The van der Waals surface area contributed by atoms with Crippen molar-refractivity contribution in [2.75, 3.05) is 5.32 Å². The highest BCUT2D eigenvalue weighted by molar-refractivity contribution is 6.58. The second kappa shape index (κ2) is 7.18. The Morgan fingerprint density at radius 2 is 1.66 bits per heavy atom. The van der Waals surface area contributed by atoms with E-state index in [0.29, 0.717) is 11.1 Å². The van der Waals surface area contributed by atoms with Gasteiger partial charge in [0.2, 0.25) is 5.91 Å². The highest BCUT2D eigenvalue weighted by atomic mass is 19.4. The van der Waals surface area contributed by atoms with Gasteiger partial charge in [-0.1, -0.05) is 55.7 Å². The first kappa shape index (κ1) is 20.0. The fourth-order valence-electron chi connectivity index (χ4n) is 4.97. The summed E-state index contributed by atoms with van der Waals surface area (Å²) in [6, 6.07) is 10.2. The molecule has 0 spiro atoms. The molecule has 4 nitrogen and oxygen atoms in total. The summed E-state index contributed by atoms with van der Waals surface area (Å²) in [5, 5.41) is 21.3. The Morgan fingerprint density at radius 3 is 2.24 bits per heavy atom. The summed E-state index contributed by atoms with van der Waals surface area (Å²) in [5.74, 6) is -0.584. The summed E-state index contributed by atoms with van der Waals surface area (Å²) in [7, 11) is -1.66. The summed E-state index contributed by atoms with van der Waals surface area (Å²) in [6.45, 7) is 0. The number of nitrogens with one attached hydrogen (secondary N) is 1. The number of benzene rings is 2. The highest BCUT2D eigenvalue weighted by Gasteiger charge is 2.55. The first-order valence-corrected chi connectivity index (χ1v) is 9.75. The molecule has 2 aromatic rings. The lowest BCUT2D eigenvalue weighted by molar-refractivity contribution is -0.136. The molecule has 1 amide bonds. The Kier molecular flexibility index (Phi) is 4.95. The summed E-state index contributed by atoms with van der Waals surface area (Å²) in [6.07, 6.45) is -0.213. The average Bonchev–Trinajstić information content (AvgIpc) is 3.00. The zero-order chi connectivity index (χ0) is 20.8. The van der Waals surface area contributed by atoms with E-state index < -0.39 is 30.2 Å². The second-order valence-electron chi connectivity index (χ2n) is 7.82. The number of hydrogen-bond acceptors (Lipinski definition) is 3. The number of anilines is 1. The monoisotopic (exact) mass is 403 g/mol. The first-order chi connectivity index (χ1) is 13.8. The van der Waals surface area contributed by atoms with E-state index in [0.717, 1.165) is 38.2 Å². The standard InChI is InChI=1S/C21H21BF3NO3/c23-21(24,25)17-8-4-7-16-18(17)26-19(27)20(16,13-5-2-1-3-6-13)14-9-11-15(12-10-14)22(28)29/h4,7-13,28-29H,1-3,5-6H2,(H,26,27)/t20-/m1/s1. The number of carbonyl (C=O) groups is 1. The lowest BCUT2D eigenvalue weighted by Crippen LogP contribution is -2.44. The molecule has 1 aliphatic carbocycles. The van der Waals surface area contributed by atoms with E-state index in [4.69, 9.17) is 0 Å². The fourth-order valence-corrected chi connectivity index (χ4v) is 4.97. The molecule has 0 radical (unpaired) electrons. The first-order valence-electron chi connectivity index (χ1n) is 9.75. The number of amides is 1. The number of hydrogen-bond donors (Lipinski definition) is 3. The van der Waals surface area contributed by atoms with Crippen molar-refractivity contribution < 1.29 is 28.0 Å². The summed E-state index contributed by atoms with van der Waals surface area (Å²) in [5.41, 5.74) is -1.05. The van der Waals surface area contributed by atoms with Crippen LogP contribution in [0.5, 0.6) is 0 Å². The maximum atomic E-state index is 13.6. The van der Waals surface area contributed by atoms with Gasteiger partial charge >= 0.3 is 13.3 Å². The number of halogens is 3. The predicted octanol–water partition coefficient (Wildman–Crippen LogP) is 3.20. The van der Waals surface area contributed by atoms with Crippen molar-refractivity contribution in [2.45, 2.75) is 43.7 Å². The van der Waals surface area contributed by atoms with Crippen LogP contribution >= 0.6 is 0 Å². The van der Waals surface area contributed by atoms with Crippen molar-refractivity contribution in [3.05, 3.63) is 59.2 Å². The molecule has 0 aromatic heterocycles. The molecule has 1 heterocycles. The van der Waals surface area contributed by atoms with Crippen LogP contribution in [-0.2, 0) is 16.4 Å². The van der Waals surface area contributed by atoms with Gasteiger partial charge in [0.25, 0.3) is 0 Å². The van der Waals surface area contributed by atoms with Crippen LogP contribution in [0.1, 0.15) is 48.8 Å². The fraction of sp³-hybridized carbons (Fsp3) is 0.381. The molecule has 0 saturated heterocycles. The number of carbonyl (C=O) groups excluding carboxylic acids is 1. The van der Waals surface area contributed by atoms with E-state index in [1.54, 1.807) is 18.2 Å². The summed E-state index contributed by atoms with van der Waals surface area (Å²) < 4.78 is 40.8. The molecule has 1 aliphatic heterocycles. The Hall–Kier alpha value is -2.32. The summed E-state index contributed by atoms with van der Waals surface area (Å²) >= 11 is 0. The largest absolute Gasteiger partial charge is 0.488 e. The second-order valence-corrected chi connectivity index (χ2v) is 7.82. The predicted molar refractivity (Wildman–Crippen MR) is 104 cm³/mol. The van der Waals surface area contributed by atoms with Gasteiger partial charge in [-0.2, -0.15) is 13.2 Å². The van der Waals surface area contributed by atoms with Crippen LogP contribution in [0.25, 0.3) is 0 Å². The SMILES string of the molecule is O=C1Nc2c(C(F)(F)F)cccc2[C@]1(c1ccc(B(O)O)cc1)C1CCCCC1. The molecule has 0 unspecified atom stereocenters. The molecule has 2 aromatic carbocycles. The minimum Gasteiger partial charge on any atom is -0.423 e. The van der Waals surface area contributed by atoms with Gasteiger partial charge in [-0.05, 0) is 41.4 Å². The number of fused-ring (bicyclic) bond motifs is 1. The van der Waals surface area contributed by atoms with Crippen LogP contribution in [-0.4, -0.2) is 23.1 Å². The Balaban J connectivity index is 1.95. The van der Waals surface area contributed by atoms with E-state index in [1.807, 2.05) is 0 Å². The molecule has 1 fully saturated rings. The van der Waals surface area contributed by atoms with E-state index >= 15 is 0 Å². The van der Waals surface area contributed by atoms with Gasteiger partial charge in [0.1, 0.15) is 5.41 Å². The summed E-state index contributed by atoms with van der Waals surface area (Å²) in [4.78, 5) is 13.4. The Bertz CT molecular complexity index is 924. The van der Waals surface area contributed by atoms with Crippen LogP contribution < -0.4 is 10.8 Å². The van der Waals surface area contributed by atoms with E-state index in [-0.39, 0.29) is 17.1 Å². The molecule has 3 N–H and O–H groups in total. The van der Waals surface area contributed by atoms with E-state index in [1.165, 1.54) is 18.2 Å². The van der Waals surface area contributed by atoms with E-state index in [9.17, 15) is 28.0 Å². The third kappa shape index (κ3) is 3.15. The molecule has 0 bridgehead atoms. The van der Waals surface area contributed by atoms with Crippen molar-refractivity contribution in [3.8, 4) is 0 Å². The normalized spacial score (nSPS) is 22.3. The van der Waals surface area contributed by atoms with Gasteiger partial charge < -0.3 is 15.4 Å². The minimum atomic E-state index is -4.58. The maximum Gasteiger partial charge on any atom is 0.488 e. The van der Waals surface area contributed by atoms with Gasteiger partial charge in [-0.15, -0.1) is 0 Å².